The molecule has 1 aromatic carbocycles. The molecule has 0 aliphatic carbocycles. The Kier molecular flexibility index (Phi) is 3.67. The molecule has 104 valence electrons. The summed E-state index contributed by atoms with van der Waals surface area (Å²) in [4.78, 5) is 29.9. The van der Waals surface area contributed by atoms with Crippen LogP contribution in [0.3, 0.4) is 0 Å². The molecule has 2 amide bonds. The zero-order valence-electron chi connectivity index (χ0n) is 10.5. The maximum absolute atomic E-state index is 12.1. The summed E-state index contributed by atoms with van der Waals surface area (Å²) in [5.74, 6) is -0.244. The topological polar surface area (TPSA) is 61.8 Å². The summed E-state index contributed by atoms with van der Waals surface area (Å²) in [6.45, 7) is 1.29. The summed E-state index contributed by atoms with van der Waals surface area (Å²) in [6, 6.07) is 7.02. The second-order valence-electron chi connectivity index (χ2n) is 4.49. The fraction of sp³-hybridized carbons (Fsp3) is 0.308. The first-order valence-electron chi connectivity index (χ1n) is 6.22. The van der Waals surface area contributed by atoms with Gasteiger partial charge in [-0.1, -0.05) is 35.5 Å². The molecule has 20 heavy (non-hydrogen) atoms. The summed E-state index contributed by atoms with van der Waals surface area (Å²) in [6.07, 6.45) is 0.129. The van der Waals surface area contributed by atoms with Crippen molar-refractivity contribution in [1.29, 1.82) is 0 Å². The van der Waals surface area contributed by atoms with Crippen LogP contribution in [0.25, 0.3) is 0 Å². The van der Waals surface area contributed by atoms with Crippen LogP contribution in [0.5, 0.6) is 0 Å². The van der Waals surface area contributed by atoms with Gasteiger partial charge in [-0.05, 0) is 12.1 Å². The van der Waals surface area contributed by atoms with Gasteiger partial charge < -0.3 is 5.32 Å². The summed E-state index contributed by atoms with van der Waals surface area (Å²) in [5.41, 5.74) is 0.562. The van der Waals surface area contributed by atoms with Crippen LogP contribution in [0.4, 0.5) is 5.69 Å². The Hall–Kier alpha value is -1.53. The number of para-hydroxylation sites is 1. The van der Waals surface area contributed by atoms with Crippen LogP contribution in [0.1, 0.15) is 6.42 Å². The van der Waals surface area contributed by atoms with Gasteiger partial charge >= 0.3 is 0 Å². The van der Waals surface area contributed by atoms with E-state index < -0.39 is 0 Å². The number of thioether (sulfide) groups is 1. The number of fused-ring (bicyclic) bond motifs is 1. The Bertz CT molecular complexity index is 605. The van der Waals surface area contributed by atoms with Crippen LogP contribution in [-0.2, 0) is 9.59 Å². The molecule has 0 saturated carbocycles. The molecule has 3 rings (SSSR count). The smallest absolute Gasteiger partial charge is 0.242 e. The number of benzene rings is 1. The molecule has 0 bridgehead atoms. The highest BCUT2D eigenvalue weighted by Gasteiger charge is 2.40. The minimum Gasteiger partial charge on any atom is -0.325 e. The Morgan fingerprint density at radius 2 is 2.30 bits per heavy atom. The van der Waals surface area contributed by atoms with Crippen molar-refractivity contribution in [3.8, 4) is 0 Å². The van der Waals surface area contributed by atoms with Gasteiger partial charge in [0.25, 0.3) is 0 Å². The molecule has 2 aliphatic heterocycles. The number of hydrogen-bond donors (Lipinski definition) is 1. The third kappa shape index (κ3) is 2.53. The van der Waals surface area contributed by atoms with E-state index in [-0.39, 0.29) is 23.5 Å². The lowest BCUT2D eigenvalue weighted by atomic mass is 10.2. The molecule has 2 heterocycles. The fourth-order valence-corrected chi connectivity index (χ4v) is 3.52. The molecule has 5 nitrogen and oxygen atoms in total. The molecule has 0 aromatic heterocycles. The number of hydrogen-bond acceptors (Lipinski definition) is 4. The molecule has 2 aliphatic rings. The fourth-order valence-electron chi connectivity index (χ4n) is 2.14. The van der Waals surface area contributed by atoms with Crippen LogP contribution in [0.2, 0.25) is 5.02 Å². The number of nitrogens with one attached hydrogen (secondary N) is 1. The number of halogens is 1. The van der Waals surface area contributed by atoms with E-state index in [4.69, 9.17) is 11.6 Å². The highest BCUT2D eigenvalue weighted by Crippen LogP contribution is 2.32. The lowest BCUT2D eigenvalue weighted by molar-refractivity contribution is -0.127. The lowest BCUT2D eigenvalue weighted by Gasteiger charge is -2.11. The van der Waals surface area contributed by atoms with Gasteiger partial charge in [-0.25, -0.2) is 0 Å². The van der Waals surface area contributed by atoms with Gasteiger partial charge in [0.15, 0.2) is 5.17 Å². The Morgan fingerprint density at radius 1 is 1.50 bits per heavy atom. The van der Waals surface area contributed by atoms with Crippen molar-refractivity contribution in [1.82, 2.24) is 4.90 Å². The molecule has 7 heteroatoms. The lowest BCUT2D eigenvalue weighted by Crippen LogP contribution is -2.32. The Morgan fingerprint density at radius 3 is 3.05 bits per heavy atom. The van der Waals surface area contributed by atoms with Crippen molar-refractivity contribution >= 4 is 46.0 Å². The minimum atomic E-state index is -0.378. The number of anilines is 1. The number of aliphatic imine (C=N–C) groups is 1. The summed E-state index contributed by atoms with van der Waals surface area (Å²) >= 11 is 7.34. The van der Waals surface area contributed by atoms with Crippen molar-refractivity contribution in [3.05, 3.63) is 29.3 Å². The van der Waals surface area contributed by atoms with Gasteiger partial charge in [0, 0.05) is 13.0 Å². The van der Waals surface area contributed by atoms with Gasteiger partial charge in [-0.15, -0.1) is 0 Å². The van der Waals surface area contributed by atoms with Crippen molar-refractivity contribution < 1.29 is 9.59 Å². The molecule has 1 unspecified atom stereocenters. The van der Waals surface area contributed by atoms with Crippen molar-refractivity contribution in [2.75, 3.05) is 18.4 Å². The van der Waals surface area contributed by atoms with Crippen LogP contribution in [0.15, 0.2) is 29.3 Å². The van der Waals surface area contributed by atoms with Crippen LogP contribution < -0.4 is 5.32 Å². The van der Waals surface area contributed by atoms with Crippen LogP contribution in [0, 0.1) is 0 Å². The summed E-state index contributed by atoms with van der Waals surface area (Å²) < 4.78 is 0. The average Bonchev–Trinajstić information content (AvgIpc) is 2.97. The van der Waals surface area contributed by atoms with Gasteiger partial charge in [-0.3, -0.25) is 19.5 Å². The monoisotopic (exact) mass is 309 g/mol. The molecule has 1 aromatic rings. The van der Waals surface area contributed by atoms with E-state index in [1.807, 2.05) is 0 Å². The molecule has 1 atom stereocenters. The number of amides is 2. The van der Waals surface area contributed by atoms with E-state index in [2.05, 4.69) is 10.3 Å². The summed E-state index contributed by atoms with van der Waals surface area (Å²) in [7, 11) is 0. The Labute approximate surface area is 125 Å². The van der Waals surface area contributed by atoms with E-state index in [1.165, 1.54) is 11.8 Å². The molecular formula is C13H12ClN3O2S. The van der Waals surface area contributed by atoms with Gasteiger partial charge in [0.2, 0.25) is 11.8 Å². The second kappa shape index (κ2) is 5.46. The third-order valence-corrected chi connectivity index (χ3v) is 4.65. The summed E-state index contributed by atoms with van der Waals surface area (Å²) in [5, 5.41) is 3.57. The standard InChI is InChI=1S/C13H12ClN3O2S/c14-8-3-1-2-4-9(8)16-11(18)7-10-12(19)17-6-5-15-13(17)20-10/h1-4,10H,5-7H2,(H,16,18). The minimum absolute atomic E-state index is 0.0273. The zero-order chi connectivity index (χ0) is 14.1. The maximum atomic E-state index is 12.1. The number of carbonyl (C=O) groups excluding carboxylic acids is 2. The second-order valence-corrected chi connectivity index (χ2v) is 6.07. The molecule has 0 spiro atoms. The third-order valence-electron chi connectivity index (χ3n) is 3.11. The van der Waals surface area contributed by atoms with Crippen LogP contribution >= 0.6 is 23.4 Å². The maximum Gasteiger partial charge on any atom is 0.242 e. The highest BCUT2D eigenvalue weighted by atomic mass is 35.5. The predicted octanol–water partition coefficient (Wildman–Crippen LogP) is 1.98. The van der Waals surface area contributed by atoms with Crippen molar-refractivity contribution in [2.45, 2.75) is 11.7 Å². The average molecular weight is 310 g/mol. The van der Waals surface area contributed by atoms with Crippen LogP contribution in [-0.4, -0.2) is 40.2 Å². The number of rotatable bonds is 3. The first kappa shape index (κ1) is 13.5. The van der Waals surface area contributed by atoms with Gasteiger partial charge in [0.05, 0.1) is 17.3 Å². The number of amidine groups is 1. The van der Waals surface area contributed by atoms with E-state index in [9.17, 15) is 9.59 Å². The quantitative estimate of drug-likeness (QED) is 0.928. The van der Waals surface area contributed by atoms with E-state index in [0.29, 0.717) is 23.8 Å². The SMILES string of the molecule is O=C(CC1SC2=NCCN2C1=O)Nc1ccccc1Cl. The molecule has 1 N–H and O–H groups in total. The molecule has 0 radical (unpaired) electrons. The Balaban J connectivity index is 1.63. The number of nitrogens with zero attached hydrogens (tertiary/aromatic N) is 2. The van der Waals surface area contributed by atoms with E-state index in [0.717, 1.165) is 5.17 Å². The first-order valence-corrected chi connectivity index (χ1v) is 7.48. The van der Waals surface area contributed by atoms with Crippen molar-refractivity contribution in [3.63, 3.8) is 0 Å². The largest absolute Gasteiger partial charge is 0.325 e. The number of carbonyl (C=O) groups is 2. The molecular weight excluding hydrogens is 298 g/mol. The van der Waals surface area contributed by atoms with Gasteiger partial charge in [0.1, 0.15) is 5.25 Å². The predicted molar refractivity (Wildman–Crippen MR) is 80.1 cm³/mol. The highest BCUT2D eigenvalue weighted by molar-refractivity contribution is 8.15. The zero-order valence-corrected chi connectivity index (χ0v) is 12.1. The van der Waals surface area contributed by atoms with Gasteiger partial charge in [-0.2, -0.15) is 0 Å². The molecule has 1 fully saturated rings. The van der Waals surface area contributed by atoms with E-state index >= 15 is 0 Å². The first-order chi connectivity index (χ1) is 9.65. The molecule has 1 saturated heterocycles. The van der Waals surface area contributed by atoms with E-state index in [1.54, 1.807) is 29.2 Å². The van der Waals surface area contributed by atoms with Crippen molar-refractivity contribution in [2.24, 2.45) is 4.99 Å². The normalized spacial score (nSPS) is 20.9.